The van der Waals surface area contributed by atoms with Gasteiger partial charge < -0.3 is 5.32 Å². The second-order valence-electron chi connectivity index (χ2n) is 5.71. The smallest absolute Gasteiger partial charge is 0.261 e. The van der Waals surface area contributed by atoms with Crippen LogP contribution in [0.3, 0.4) is 0 Å². The number of carbonyl (C=O) groups excluding carboxylic acids is 1. The molecule has 0 spiro atoms. The van der Waals surface area contributed by atoms with Gasteiger partial charge in [-0.25, -0.2) is 0 Å². The Hall–Kier alpha value is -0.820. The van der Waals surface area contributed by atoms with Crippen molar-refractivity contribution < 1.29 is 4.79 Å². The molecule has 0 saturated carbocycles. The average Bonchev–Trinajstić information content (AvgIpc) is 3.29. The molecule has 124 valence electrons. The molecule has 6 heteroatoms. The van der Waals surface area contributed by atoms with Gasteiger partial charge in [0, 0.05) is 29.8 Å². The standard InChI is InChI=1S/C17H22N2OS3/c1-21-10-7-18-17(20)16-5-4-15(23-16)14-3-2-8-19(14)11-13-6-9-22-12-13/h4-6,9,12,14H,2-3,7-8,10-11H2,1H3,(H,18,20). The van der Waals surface area contributed by atoms with Crippen molar-refractivity contribution in [2.45, 2.75) is 25.4 Å². The molecule has 3 heterocycles. The van der Waals surface area contributed by atoms with Gasteiger partial charge in [0.15, 0.2) is 0 Å². The third-order valence-electron chi connectivity index (χ3n) is 4.10. The van der Waals surface area contributed by atoms with Crippen LogP contribution in [-0.2, 0) is 6.54 Å². The summed E-state index contributed by atoms with van der Waals surface area (Å²) in [5, 5.41) is 7.36. The van der Waals surface area contributed by atoms with Crippen LogP contribution >= 0.6 is 34.4 Å². The first-order valence-corrected chi connectivity index (χ1v) is 11.0. The maximum absolute atomic E-state index is 12.2. The van der Waals surface area contributed by atoms with E-state index in [9.17, 15) is 4.79 Å². The van der Waals surface area contributed by atoms with E-state index in [4.69, 9.17) is 0 Å². The van der Waals surface area contributed by atoms with Crippen LogP contribution in [0.5, 0.6) is 0 Å². The number of thiophene rings is 2. The third-order valence-corrected chi connectivity index (χ3v) is 6.63. The maximum atomic E-state index is 12.2. The number of nitrogens with zero attached hydrogens (tertiary/aromatic N) is 1. The summed E-state index contributed by atoms with van der Waals surface area (Å²) in [6.45, 7) is 2.90. The zero-order valence-electron chi connectivity index (χ0n) is 13.3. The maximum Gasteiger partial charge on any atom is 0.261 e. The molecular formula is C17H22N2OS3. The Kier molecular flexibility index (Phi) is 6.16. The van der Waals surface area contributed by atoms with Gasteiger partial charge in [0.2, 0.25) is 0 Å². The van der Waals surface area contributed by atoms with Gasteiger partial charge in [-0.15, -0.1) is 11.3 Å². The molecule has 23 heavy (non-hydrogen) atoms. The largest absolute Gasteiger partial charge is 0.351 e. The second kappa shape index (κ2) is 8.33. The van der Waals surface area contributed by atoms with Gasteiger partial charge in [-0.2, -0.15) is 23.1 Å². The van der Waals surface area contributed by atoms with E-state index in [0.29, 0.717) is 6.04 Å². The van der Waals surface area contributed by atoms with E-state index in [0.717, 1.165) is 30.3 Å². The van der Waals surface area contributed by atoms with Crippen molar-refractivity contribution in [2.75, 3.05) is 25.1 Å². The van der Waals surface area contributed by atoms with Crippen LogP contribution in [0.2, 0.25) is 0 Å². The monoisotopic (exact) mass is 366 g/mol. The van der Waals surface area contributed by atoms with Crippen molar-refractivity contribution in [3.05, 3.63) is 44.3 Å². The van der Waals surface area contributed by atoms with Gasteiger partial charge in [-0.1, -0.05) is 0 Å². The Morgan fingerprint density at radius 2 is 2.35 bits per heavy atom. The fourth-order valence-corrected chi connectivity index (χ4v) is 5.02. The predicted octanol–water partition coefficient (Wildman–Crippen LogP) is 4.24. The van der Waals surface area contributed by atoms with Gasteiger partial charge in [0.05, 0.1) is 4.88 Å². The number of carbonyl (C=O) groups is 1. The van der Waals surface area contributed by atoms with Crippen molar-refractivity contribution in [3.63, 3.8) is 0 Å². The van der Waals surface area contributed by atoms with Crippen LogP contribution in [0.25, 0.3) is 0 Å². The van der Waals surface area contributed by atoms with Gasteiger partial charge in [0.1, 0.15) is 0 Å². The number of hydrogen-bond donors (Lipinski definition) is 1. The first-order chi connectivity index (χ1) is 11.3. The zero-order chi connectivity index (χ0) is 16.1. The molecule has 1 unspecified atom stereocenters. The second-order valence-corrected chi connectivity index (χ2v) is 8.59. The molecule has 0 radical (unpaired) electrons. The van der Waals surface area contributed by atoms with Gasteiger partial charge in [0.25, 0.3) is 5.91 Å². The van der Waals surface area contributed by atoms with Crippen LogP contribution in [0.1, 0.15) is 39.0 Å². The lowest BCUT2D eigenvalue weighted by molar-refractivity contribution is 0.0960. The van der Waals surface area contributed by atoms with E-state index in [1.807, 2.05) is 6.07 Å². The molecule has 1 atom stereocenters. The van der Waals surface area contributed by atoms with E-state index < -0.39 is 0 Å². The van der Waals surface area contributed by atoms with E-state index in [1.54, 1.807) is 34.4 Å². The first-order valence-electron chi connectivity index (χ1n) is 7.90. The average molecular weight is 367 g/mol. The summed E-state index contributed by atoms with van der Waals surface area (Å²) in [6.07, 6.45) is 4.48. The Labute approximate surface area is 150 Å². The minimum atomic E-state index is 0.0673. The van der Waals surface area contributed by atoms with E-state index in [-0.39, 0.29) is 5.91 Å². The summed E-state index contributed by atoms with van der Waals surface area (Å²) in [7, 11) is 0. The summed E-state index contributed by atoms with van der Waals surface area (Å²) in [5.74, 6) is 1.03. The topological polar surface area (TPSA) is 32.3 Å². The summed E-state index contributed by atoms with van der Waals surface area (Å²) in [4.78, 5) is 16.9. The summed E-state index contributed by atoms with van der Waals surface area (Å²) >= 11 is 5.16. The van der Waals surface area contributed by atoms with Crippen molar-refractivity contribution in [1.29, 1.82) is 0 Å². The Bertz CT molecular complexity index is 624. The SMILES string of the molecule is CSCCNC(=O)c1ccc(C2CCCN2Cc2ccsc2)s1. The van der Waals surface area contributed by atoms with Crippen molar-refractivity contribution in [3.8, 4) is 0 Å². The lowest BCUT2D eigenvalue weighted by Gasteiger charge is -2.23. The molecule has 2 aromatic heterocycles. The highest BCUT2D eigenvalue weighted by atomic mass is 32.2. The molecule has 3 rings (SSSR count). The predicted molar refractivity (Wildman–Crippen MR) is 102 cm³/mol. The zero-order valence-corrected chi connectivity index (χ0v) is 15.7. The fourth-order valence-electron chi connectivity index (χ4n) is 2.96. The number of amides is 1. The molecule has 1 amide bonds. The van der Waals surface area contributed by atoms with Crippen molar-refractivity contribution in [1.82, 2.24) is 10.2 Å². The number of hydrogen-bond acceptors (Lipinski definition) is 5. The molecule has 1 fully saturated rings. The van der Waals surface area contributed by atoms with E-state index in [1.165, 1.54) is 23.3 Å². The molecule has 0 aliphatic carbocycles. The number of thioether (sulfide) groups is 1. The van der Waals surface area contributed by atoms with E-state index >= 15 is 0 Å². The normalized spacial score (nSPS) is 18.4. The minimum Gasteiger partial charge on any atom is -0.351 e. The first kappa shape index (κ1) is 17.0. The molecule has 0 aromatic carbocycles. The van der Waals surface area contributed by atoms with Crippen LogP contribution in [-0.4, -0.2) is 35.9 Å². The Morgan fingerprint density at radius 1 is 1.43 bits per heavy atom. The molecule has 1 aliphatic rings. The minimum absolute atomic E-state index is 0.0673. The van der Waals surface area contributed by atoms with Gasteiger partial charge in [-0.05, 0) is 60.2 Å². The molecule has 2 aromatic rings. The van der Waals surface area contributed by atoms with Crippen LogP contribution < -0.4 is 5.32 Å². The van der Waals surface area contributed by atoms with Crippen LogP contribution in [0.15, 0.2) is 29.0 Å². The lowest BCUT2D eigenvalue weighted by atomic mass is 10.2. The molecule has 1 saturated heterocycles. The van der Waals surface area contributed by atoms with E-state index in [2.05, 4.69) is 39.4 Å². The fraction of sp³-hybridized carbons (Fsp3) is 0.471. The quantitative estimate of drug-likeness (QED) is 0.744. The number of nitrogens with one attached hydrogen (secondary N) is 1. The number of rotatable bonds is 7. The van der Waals surface area contributed by atoms with Crippen molar-refractivity contribution in [2.24, 2.45) is 0 Å². The van der Waals surface area contributed by atoms with Crippen molar-refractivity contribution >= 4 is 40.3 Å². The van der Waals surface area contributed by atoms with Crippen LogP contribution in [0.4, 0.5) is 0 Å². The molecule has 3 nitrogen and oxygen atoms in total. The molecule has 1 N–H and O–H groups in total. The summed E-state index contributed by atoms with van der Waals surface area (Å²) in [5.41, 5.74) is 1.40. The highest BCUT2D eigenvalue weighted by molar-refractivity contribution is 7.98. The summed E-state index contributed by atoms with van der Waals surface area (Å²) < 4.78 is 0. The van der Waals surface area contributed by atoms with Gasteiger partial charge >= 0.3 is 0 Å². The third kappa shape index (κ3) is 4.38. The van der Waals surface area contributed by atoms with Gasteiger partial charge in [-0.3, -0.25) is 9.69 Å². The number of likely N-dealkylation sites (tertiary alicyclic amines) is 1. The molecule has 0 bridgehead atoms. The lowest BCUT2D eigenvalue weighted by Crippen LogP contribution is -2.24. The highest BCUT2D eigenvalue weighted by Crippen LogP contribution is 2.37. The van der Waals surface area contributed by atoms with Crippen LogP contribution in [0, 0.1) is 0 Å². The molecular weight excluding hydrogens is 344 g/mol. The Morgan fingerprint density at radius 3 is 3.13 bits per heavy atom. The molecule has 1 aliphatic heterocycles. The summed E-state index contributed by atoms with van der Waals surface area (Å²) in [6, 6.07) is 6.80. The highest BCUT2D eigenvalue weighted by Gasteiger charge is 2.27. The Balaban J connectivity index is 1.63.